The maximum atomic E-state index is 10.9. The molecule has 0 aromatic heterocycles. The maximum Gasteiger partial charge on any atom is 0.152 e. The van der Waals surface area contributed by atoms with Gasteiger partial charge >= 0.3 is 0 Å². The molecular formula is C14H13ClN2O. The van der Waals surface area contributed by atoms with Gasteiger partial charge in [0, 0.05) is 17.1 Å². The molecule has 2 aromatic rings. The number of anilines is 2. The van der Waals surface area contributed by atoms with Crippen LogP contribution in [0.5, 0.6) is 0 Å². The summed E-state index contributed by atoms with van der Waals surface area (Å²) in [4.78, 5) is 10.9. The summed E-state index contributed by atoms with van der Waals surface area (Å²) in [7, 11) is 0. The number of benzene rings is 2. The maximum absolute atomic E-state index is 10.9. The predicted molar refractivity (Wildman–Crippen MR) is 75.0 cm³/mol. The van der Waals surface area contributed by atoms with Crippen molar-refractivity contribution in [1.82, 2.24) is 0 Å². The Bertz CT molecular complexity index is 552. The minimum Gasteiger partial charge on any atom is -0.397 e. The van der Waals surface area contributed by atoms with Crippen molar-refractivity contribution < 1.29 is 4.79 Å². The highest BCUT2D eigenvalue weighted by molar-refractivity contribution is 6.30. The number of hydrogen-bond donors (Lipinski definition) is 2. The number of halogens is 1. The van der Waals surface area contributed by atoms with Crippen LogP contribution in [0, 0.1) is 0 Å². The number of nitrogens with two attached hydrogens (primary N) is 1. The Morgan fingerprint density at radius 2 is 1.89 bits per heavy atom. The summed E-state index contributed by atoms with van der Waals surface area (Å²) in [6, 6.07) is 12.8. The minimum atomic E-state index is 0.559. The number of hydrogen-bond acceptors (Lipinski definition) is 3. The predicted octanol–water partition coefficient (Wildman–Crippen LogP) is 3.35. The zero-order valence-corrected chi connectivity index (χ0v) is 10.4. The summed E-state index contributed by atoms with van der Waals surface area (Å²) in [6.45, 7) is 0.590. The lowest BCUT2D eigenvalue weighted by atomic mass is 10.1. The molecule has 92 valence electrons. The SMILES string of the molecule is Nc1cccc(C=O)c1NCc1ccc(Cl)cc1. The van der Waals surface area contributed by atoms with Gasteiger partial charge in [0.25, 0.3) is 0 Å². The number of carbonyl (C=O) groups is 1. The van der Waals surface area contributed by atoms with Crippen LogP contribution in [-0.4, -0.2) is 6.29 Å². The Kier molecular flexibility index (Phi) is 3.85. The molecule has 0 saturated carbocycles. The molecule has 2 aromatic carbocycles. The molecule has 18 heavy (non-hydrogen) atoms. The Balaban J connectivity index is 2.15. The molecule has 0 aliphatic carbocycles. The molecule has 0 fully saturated rings. The summed E-state index contributed by atoms with van der Waals surface area (Å²) >= 11 is 5.82. The van der Waals surface area contributed by atoms with E-state index in [2.05, 4.69) is 5.32 Å². The molecule has 0 saturated heterocycles. The van der Waals surface area contributed by atoms with Crippen LogP contribution in [-0.2, 0) is 6.54 Å². The molecule has 0 unspecified atom stereocenters. The van der Waals surface area contributed by atoms with Crippen molar-refractivity contribution in [2.24, 2.45) is 0 Å². The fourth-order valence-corrected chi connectivity index (χ4v) is 1.81. The van der Waals surface area contributed by atoms with Crippen LogP contribution in [0.3, 0.4) is 0 Å². The highest BCUT2D eigenvalue weighted by atomic mass is 35.5. The second-order valence-corrected chi connectivity index (χ2v) is 4.35. The van der Waals surface area contributed by atoms with Gasteiger partial charge in [0.1, 0.15) is 0 Å². The lowest BCUT2D eigenvalue weighted by molar-refractivity contribution is 0.112. The first-order valence-electron chi connectivity index (χ1n) is 5.52. The standard InChI is InChI=1S/C14H13ClN2O/c15-12-6-4-10(5-7-12)8-17-14-11(9-18)2-1-3-13(14)16/h1-7,9,17H,8,16H2. The van der Waals surface area contributed by atoms with Crippen molar-refractivity contribution in [2.45, 2.75) is 6.54 Å². The molecule has 0 atom stereocenters. The van der Waals surface area contributed by atoms with Crippen molar-refractivity contribution in [2.75, 3.05) is 11.1 Å². The number of nitrogens with one attached hydrogen (secondary N) is 1. The van der Waals surface area contributed by atoms with E-state index in [0.717, 1.165) is 11.8 Å². The van der Waals surface area contributed by atoms with Gasteiger partial charge in [0.05, 0.1) is 11.4 Å². The molecule has 3 nitrogen and oxygen atoms in total. The van der Waals surface area contributed by atoms with E-state index in [0.29, 0.717) is 28.5 Å². The zero-order chi connectivity index (χ0) is 13.0. The molecule has 0 aliphatic rings. The van der Waals surface area contributed by atoms with E-state index in [9.17, 15) is 4.79 Å². The van der Waals surface area contributed by atoms with Crippen molar-refractivity contribution in [3.63, 3.8) is 0 Å². The monoisotopic (exact) mass is 260 g/mol. The Morgan fingerprint density at radius 1 is 1.17 bits per heavy atom. The number of rotatable bonds is 4. The summed E-state index contributed by atoms with van der Waals surface area (Å²) in [5.74, 6) is 0. The third-order valence-corrected chi connectivity index (χ3v) is 2.89. The summed E-state index contributed by atoms with van der Waals surface area (Å²) in [5.41, 5.74) is 8.70. The average molecular weight is 261 g/mol. The van der Waals surface area contributed by atoms with Crippen LogP contribution in [0.15, 0.2) is 42.5 Å². The molecule has 0 radical (unpaired) electrons. The van der Waals surface area contributed by atoms with Gasteiger partial charge in [-0.1, -0.05) is 29.8 Å². The number of nitrogen functional groups attached to an aromatic ring is 1. The second-order valence-electron chi connectivity index (χ2n) is 3.91. The molecule has 2 rings (SSSR count). The molecular weight excluding hydrogens is 248 g/mol. The van der Waals surface area contributed by atoms with Crippen LogP contribution < -0.4 is 11.1 Å². The minimum absolute atomic E-state index is 0.559. The summed E-state index contributed by atoms with van der Waals surface area (Å²) in [5, 5.41) is 3.87. The van der Waals surface area contributed by atoms with E-state index in [1.54, 1.807) is 18.2 Å². The largest absolute Gasteiger partial charge is 0.397 e. The molecule has 0 heterocycles. The second kappa shape index (κ2) is 5.56. The van der Waals surface area contributed by atoms with Gasteiger partial charge in [0.15, 0.2) is 6.29 Å². The van der Waals surface area contributed by atoms with Crippen LogP contribution in [0.25, 0.3) is 0 Å². The van der Waals surface area contributed by atoms with Gasteiger partial charge in [-0.2, -0.15) is 0 Å². The van der Waals surface area contributed by atoms with Crippen LogP contribution in [0.4, 0.5) is 11.4 Å². The smallest absolute Gasteiger partial charge is 0.152 e. The lowest BCUT2D eigenvalue weighted by Gasteiger charge is -2.11. The Labute approximate surface area is 111 Å². The van der Waals surface area contributed by atoms with Crippen LogP contribution >= 0.6 is 11.6 Å². The van der Waals surface area contributed by atoms with E-state index >= 15 is 0 Å². The first-order valence-corrected chi connectivity index (χ1v) is 5.90. The van der Waals surface area contributed by atoms with Crippen molar-refractivity contribution in [3.05, 3.63) is 58.6 Å². The van der Waals surface area contributed by atoms with E-state index in [4.69, 9.17) is 17.3 Å². The molecule has 0 aliphatic heterocycles. The van der Waals surface area contributed by atoms with E-state index in [-0.39, 0.29) is 0 Å². The van der Waals surface area contributed by atoms with E-state index in [1.165, 1.54) is 0 Å². The van der Waals surface area contributed by atoms with Gasteiger partial charge in [-0.15, -0.1) is 0 Å². The average Bonchev–Trinajstić information content (AvgIpc) is 2.39. The zero-order valence-electron chi connectivity index (χ0n) is 9.69. The normalized spacial score (nSPS) is 10.1. The molecule has 0 amide bonds. The number of carbonyl (C=O) groups excluding carboxylic acids is 1. The third-order valence-electron chi connectivity index (χ3n) is 2.64. The van der Waals surface area contributed by atoms with Crippen LogP contribution in [0.1, 0.15) is 15.9 Å². The first-order chi connectivity index (χ1) is 8.70. The Morgan fingerprint density at radius 3 is 2.56 bits per heavy atom. The number of para-hydroxylation sites is 1. The van der Waals surface area contributed by atoms with Crippen molar-refractivity contribution in [1.29, 1.82) is 0 Å². The lowest BCUT2D eigenvalue weighted by Crippen LogP contribution is -2.05. The molecule has 3 N–H and O–H groups in total. The molecule has 4 heteroatoms. The highest BCUT2D eigenvalue weighted by Crippen LogP contribution is 2.22. The number of aldehydes is 1. The van der Waals surface area contributed by atoms with Crippen molar-refractivity contribution in [3.8, 4) is 0 Å². The van der Waals surface area contributed by atoms with E-state index in [1.807, 2.05) is 24.3 Å². The van der Waals surface area contributed by atoms with E-state index < -0.39 is 0 Å². The molecule has 0 bridgehead atoms. The first kappa shape index (κ1) is 12.5. The fourth-order valence-electron chi connectivity index (χ4n) is 1.68. The van der Waals surface area contributed by atoms with Gasteiger partial charge < -0.3 is 11.1 Å². The fraction of sp³-hybridized carbons (Fsp3) is 0.0714. The third kappa shape index (κ3) is 2.81. The highest BCUT2D eigenvalue weighted by Gasteiger charge is 2.04. The van der Waals surface area contributed by atoms with Gasteiger partial charge in [-0.05, 0) is 29.8 Å². The van der Waals surface area contributed by atoms with Gasteiger partial charge in [-0.25, -0.2) is 0 Å². The summed E-state index contributed by atoms with van der Waals surface area (Å²) < 4.78 is 0. The quantitative estimate of drug-likeness (QED) is 0.655. The molecule has 0 spiro atoms. The van der Waals surface area contributed by atoms with Gasteiger partial charge in [-0.3, -0.25) is 4.79 Å². The Hall–Kier alpha value is -2.00. The summed E-state index contributed by atoms with van der Waals surface area (Å²) in [6.07, 6.45) is 0.792. The topological polar surface area (TPSA) is 55.1 Å². The van der Waals surface area contributed by atoms with Crippen molar-refractivity contribution >= 4 is 29.3 Å². The van der Waals surface area contributed by atoms with Gasteiger partial charge in [0.2, 0.25) is 0 Å². The van der Waals surface area contributed by atoms with Crippen LogP contribution in [0.2, 0.25) is 5.02 Å².